The Morgan fingerprint density at radius 1 is 1.38 bits per heavy atom. The van der Waals surface area contributed by atoms with Gasteiger partial charge in [-0.1, -0.05) is 0 Å². The summed E-state index contributed by atoms with van der Waals surface area (Å²) in [7, 11) is 0. The van der Waals surface area contributed by atoms with Gasteiger partial charge >= 0.3 is 0 Å². The molecule has 0 amide bonds. The van der Waals surface area contributed by atoms with Crippen LogP contribution in [-0.4, -0.2) is 36.1 Å². The number of hydrogen-bond donors (Lipinski definition) is 1. The number of nitrogens with zero attached hydrogens (tertiary/aromatic N) is 2. The molecule has 1 aromatic rings. The van der Waals surface area contributed by atoms with E-state index in [1.165, 1.54) is 25.9 Å². The molecule has 0 radical (unpaired) electrons. The number of ether oxygens (including phenoxy) is 1. The first-order chi connectivity index (χ1) is 7.88. The predicted octanol–water partition coefficient (Wildman–Crippen LogP) is 1.01. The summed E-state index contributed by atoms with van der Waals surface area (Å²) < 4.78 is 5.67. The number of hydrogen-bond acceptors (Lipinski definition) is 4. The van der Waals surface area contributed by atoms with Gasteiger partial charge in [-0.05, 0) is 32.0 Å². The van der Waals surface area contributed by atoms with E-state index in [0.717, 1.165) is 24.6 Å². The lowest BCUT2D eigenvalue weighted by Crippen LogP contribution is -2.25. The molecular weight excluding hydrogens is 202 g/mol. The number of aromatic nitrogens is 1. The van der Waals surface area contributed by atoms with Crippen LogP contribution in [-0.2, 0) is 6.54 Å². The Balaban J connectivity index is 1.75. The molecule has 88 valence electrons. The van der Waals surface area contributed by atoms with Gasteiger partial charge in [0.25, 0.3) is 0 Å². The van der Waals surface area contributed by atoms with Gasteiger partial charge in [0.1, 0.15) is 12.4 Å². The average Bonchev–Trinajstić information content (AvgIpc) is 2.82. The maximum absolute atomic E-state index is 5.67. The van der Waals surface area contributed by atoms with Gasteiger partial charge in [0.15, 0.2) is 0 Å². The molecule has 0 spiro atoms. The van der Waals surface area contributed by atoms with Crippen LogP contribution in [0.1, 0.15) is 18.5 Å². The highest BCUT2D eigenvalue weighted by molar-refractivity contribution is 5.22. The van der Waals surface area contributed by atoms with E-state index in [0.29, 0.717) is 6.54 Å². The third kappa shape index (κ3) is 3.18. The lowest BCUT2D eigenvalue weighted by Gasteiger charge is -2.14. The SMILES string of the molecule is NCc1cc(OCCN2CCCC2)ccn1. The molecule has 0 saturated carbocycles. The minimum atomic E-state index is 0.462. The van der Waals surface area contributed by atoms with Crippen molar-refractivity contribution in [1.82, 2.24) is 9.88 Å². The van der Waals surface area contributed by atoms with Crippen LogP contribution in [0.15, 0.2) is 18.3 Å². The monoisotopic (exact) mass is 221 g/mol. The average molecular weight is 221 g/mol. The van der Waals surface area contributed by atoms with Crippen molar-refractivity contribution in [2.45, 2.75) is 19.4 Å². The van der Waals surface area contributed by atoms with Gasteiger partial charge in [0, 0.05) is 25.4 Å². The van der Waals surface area contributed by atoms with Crippen molar-refractivity contribution >= 4 is 0 Å². The maximum Gasteiger partial charge on any atom is 0.122 e. The topological polar surface area (TPSA) is 51.4 Å². The van der Waals surface area contributed by atoms with Crippen molar-refractivity contribution in [2.24, 2.45) is 5.73 Å². The highest BCUT2D eigenvalue weighted by Gasteiger charge is 2.10. The summed E-state index contributed by atoms with van der Waals surface area (Å²) in [5.41, 5.74) is 6.39. The van der Waals surface area contributed by atoms with Gasteiger partial charge in [-0.15, -0.1) is 0 Å². The zero-order valence-corrected chi connectivity index (χ0v) is 9.56. The minimum Gasteiger partial charge on any atom is -0.492 e. The summed E-state index contributed by atoms with van der Waals surface area (Å²) in [6, 6.07) is 3.78. The Hall–Kier alpha value is -1.13. The Bertz CT molecular complexity index is 324. The Kier molecular flexibility index (Phi) is 4.13. The lowest BCUT2D eigenvalue weighted by molar-refractivity contribution is 0.237. The molecule has 0 aromatic carbocycles. The van der Waals surface area contributed by atoms with E-state index < -0.39 is 0 Å². The fourth-order valence-electron chi connectivity index (χ4n) is 1.96. The van der Waals surface area contributed by atoms with Crippen LogP contribution in [0, 0.1) is 0 Å². The molecule has 2 rings (SSSR count). The van der Waals surface area contributed by atoms with Crippen LogP contribution in [0.3, 0.4) is 0 Å². The Morgan fingerprint density at radius 2 is 2.19 bits per heavy atom. The van der Waals surface area contributed by atoms with Crippen LogP contribution in [0.5, 0.6) is 5.75 Å². The largest absolute Gasteiger partial charge is 0.492 e. The molecule has 0 aliphatic carbocycles. The maximum atomic E-state index is 5.67. The molecule has 0 atom stereocenters. The Morgan fingerprint density at radius 3 is 2.94 bits per heavy atom. The summed E-state index contributed by atoms with van der Waals surface area (Å²) in [6.45, 7) is 4.65. The molecule has 0 unspecified atom stereocenters. The molecule has 2 N–H and O–H groups in total. The van der Waals surface area contributed by atoms with E-state index in [1.807, 2.05) is 12.1 Å². The normalized spacial score (nSPS) is 16.6. The first kappa shape index (κ1) is 11.4. The first-order valence-corrected chi connectivity index (χ1v) is 5.88. The first-order valence-electron chi connectivity index (χ1n) is 5.88. The van der Waals surface area contributed by atoms with E-state index in [2.05, 4.69) is 9.88 Å². The van der Waals surface area contributed by atoms with Crippen molar-refractivity contribution in [3.63, 3.8) is 0 Å². The second-order valence-electron chi connectivity index (χ2n) is 4.08. The quantitative estimate of drug-likeness (QED) is 0.806. The van der Waals surface area contributed by atoms with Crippen molar-refractivity contribution in [3.05, 3.63) is 24.0 Å². The zero-order valence-electron chi connectivity index (χ0n) is 9.56. The minimum absolute atomic E-state index is 0.462. The molecule has 1 aliphatic heterocycles. The molecule has 16 heavy (non-hydrogen) atoms. The van der Waals surface area contributed by atoms with Gasteiger partial charge in [-0.25, -0.2) is 0 Å². The molecule has 4 heteroatoms. The second-order valence-corrected chi connectivity index (χ2v) is 4.08. The molecular formula is C12H19N3O. The summed E-state index contributed by atoms with van der Waals surface area (Å²) in [4.78, 5) is 6.56. The molecule has 2 heterocycles. The summed E-state index contributed by atoms with van der Waals surface area (Å²) in [5, 5.41) is 0. The summed E-state index contributed by atoms with van der Waals surface area (Å²) in [6.07, 6.45) is 4.40. The van der Waals surface area contributed by atoms with Crippen molar-refractivity contribution < 1.29 is 4.74 Å². The lowest BCUT2D eigenvalue weighted by atomic mass is 10.3. The van der Waals surface area contributed by atoms with Gasteiger partial charge in [0.05, 0.1) is 5.69 Å². The van der Waals surface area contributed by atoms with Gasteiger partial charge in [-0.3, -0.25) is 9.88 Å². The van der Waals surface area contributed by atoms with Crippen LogP contribution in [0.4, 0.5) is 0 Å². The van der Waals surface area contributed by atoms with Crippen molar-refractivity contribution in [3.8, 4) is 5.75 Å². The van der Waals surface area contributed by atoms with Gasteiger partial charge in [0.2, 0.25) is 0 Å². The highest BCUT2D eigenvalue weighted by atomic mass is 16.5. The number of rotatable bonds is 5. The fraction of sp³-hybridized carbons (Fsp3) is 0.583. The highest BCUT2D eigenvalue weighted by Crippen LogP contribution is 2.11. The van der Waals surface area contributed by atoms with E-state index in [1.54, 1.807) is 6.20 Å². The van der Waals surface area contributed by atoms with Crippen molar-refractivity contribution in [2.75, 3.05) is 26.2 Å². The predicted molar refractivity (Wildman–Crippen MR) is 63.3 cm³/mol. The summed E-state index contributed by atoms with van der Waals surface area (Å²) >= 11 is 0. The Labute approximate surface area is 96.4 Å². The van der Waals surface area contributed by atoms with Crippen LogP contribution in [0.25, 0.3) is 0 Å². The van der Waals surface area contributed by atoms with Gasteiger partial charge in [-0.2, -0.15) is 0 Å². The third-order valence-electron chi connectivity index (χ3n) is 2.87. The third-order valence-corrected chi connectivity index (χ3v) is 2.87. The zero-order chi connectivity index (χ0) is 11.2. The smallest absolute Gasteiger partial charge is 0.122 e. The number of nitrogens with two attached hydrogens (primary N) is 1. The number of pyridine rings is 1. The van der Waals surface area contributed by atoms with E-state index in [-0.39, 0.29) is 0 Å². The molecule has 1 aliphatic rings. The van der Waals surface area contributed by atoms with E-state index in [4.69, 9.17) is 10.5 Å². The standard InChI is InChI=1S/C12H19N3O/c13-10-11-9-12(3-4-14-11)16-8-7-15-5-1-2-6-15/h3-4,9H,1-2,5-8,10,13H2. The number of likely N-dealkylation sites (tertiary alicyclic amines) is 1. The van der Waals surface area contributed by atoms with E-state index in [9.17, 15) is 0 Å². The van der Waals surface area contributed by atoms with Crippen LogP contribution < -0.4 is 10.5 Å². The molecule has 4 nitrogen and oxygen atoms in total. The fourth-order valence-corrected chi connectivity index (χ4v) is 1.96. The molecule has 1 saturated heterocycles. The molecule has 1 aromatic heterocycles. The molecule has 1 fully saturated rings. The molecule has 0 bridgehead atoms. The van der Waals surface area contributed by atoms with Gasteiger partial charge < -0.3 is 10.5 Å². The van der Waals surface area contributed by atoms with Crippen LogP contribution in [0.2, 0.25) is 0 Å². The summed E-state index contributed by atoms with van der Waals surface area (Å²) in [5.74, 6) is 0.870. The second kappa shape index (κ2) is 5.82. The van der Waals surface area contributed by atoms with Crippen molar-refractivity contribution in [1.29, 1.82) is 0 Å². The van der Waals surface area contributed by atoms with Crippen LogP contribution >= 0.6 is 0 Å². The van der Waals surface area contributed by atoms with E-state index >= 15 is 0 Å².